The van der Waals surface area contributed by atoms with Gasteiger partial charge in [-0.2, -0.15) is 10.1 Å². The number of nitrogen functional groups attached to an aromatic ring is 1. The predicted molar refractivity (Wildman–Crippen MR) is 104 cm³/mol. The van der Waals surface area contributed by atoms with Crippen molar-refractivity contribution in [2.45, 2.75) is 26.9 Å². The largest absolute Gasteiger partial charge is 0.368 e. The Kier molecular flexibility index (Phi) is 3.40. The second-order valence-corrected chi connectivity index (χ2v) is 6.93. The first-order valence-electron chi connectivity index (χ1n) is 8.95. The number of imidazole rings is 1. The van der Waals surface area contributed by atoms with Crippen LogP contribution in [-0.4, -0.2) is 36.3 Å². The van der Waals surface area contributed by atoms with Crippen LogP contribution in [0.15, 0.2) is 30.5 Å². The summed E-state index contributed by atoms with van der Waals surface area (Å²) in [5, 5.41) is 4.75. The van der Waals surface area contributed by atoms with Gasteiger partial charge in [0.05, 0.1) is 29.8 Å². The van der Waals surface area contributed by atoms with E-state index in [0.717, 1.165) is 53.7 Å². The third-order valence-corrected chi connectivity index (χ3v) is 5.20. The number of hydrogen-bond acceptors (Lipinski definition) is 6. The predicted octanol–water partition coefficient (Wildman–Crippen LogP) is 2.44. The van der Waals surface area contributed by atoms with E-state index in [-0.39, 0.29) is 0 Å². The lowest BCUT2D eigenvalue weighted by Crippen LogP contribution is -2.34. The summed E-state index contributed by atoms with van der Waals surface area (Å²) in [7, 11) is 0. The van der Waals surface area contributed by atoms with Gasteiger partial charge in [0.15, 0.2) is 5.82 Å². The van der Waals surface area contributed by atoms with Gasteiger partial charge in [0, 0.05) is 12.7 Å². The molecule has 4 heterocycles. The summed E-state index contributed by atoms with van der Waals surface area (Å²) in [6.07, 6.45) is 1.69. The van der Waals surface area contributed by atoms with Gasteiger partial charge in [-0.3, -0.25) is 4.68 Å². The van der Waals surface area contributed by atoms with Crippen molar-refractivity contribution in [2.24, 2.45) is 0 Å². The van der Waals surface area contributed by atoms with E-state index < -0.39 is 0 Å². The number of nitrogens with zero attached hydrogens (tertiary/aromatic N) is 6. The number of nitrogens with two attached hydrogens (primary N) is 1. The molecule has 1 aliphatic rings. The lowest BCUT2D eigenvalue weighted by molar-refractivity contribution is 0.518. The highest BCUT2D eigenvalue weighted by Crippen LogP contribution is 2.26. The average molecular weight is 360 g/mol. The number of fused-ring (bicyclic) bond motifs is 2. The Morgan fingerprint density at radius 2 is 2.00 bits per heavy atom. The molecule has 5 rings (SSSR count). The van der Waals surface area contributed by atoms with E-state index in [1.165, 1.54) is 11.1 Å². The molecule has 0 spiro atoms. The zero-order chi connectivity index (χ0) is 18.5. The second kappa shape index (κ2) is 5.80. The number of anilines is 2. The SMILES string of the molecule is Cc1ccc2[nH]c(-c3cc4n(n3)CCN(c3ccnc(N)n3)C4)nc2c1C. The van der Waals surface area contributed by atoms with Crippen LogP contribution >= 0.6 is 0 Å². The minimum Gasteiger partial charge on any atom is -0.368 e. The van der Waals surface area contributed by atoms with E-state index in [4.69, 9.17) is 15.8 Å². The molecule has 0 amide bonds. The average Bonchev–Trinajstić information content (AvgIpc) is 3.28. The molecule has 27 heavy (non-hydrogen) atoms. The van der Waals surface area contributed by atoms with Crippen molar-refractivity contribution < 1.29 is 0 Å². The van der Waals surface area contributed by atoms with Crippen LogP contribution in [0.4, 0.5) is 11.8 Å². The van der Waals surface area contributed by atoms with Crippen molar-refractivity contribution in [3.8, 4) is 11.5 Å². The summed E-state index contributed by atoms with van der Waals surface area (Å²) in [5.74, 6) is 1.94. The van der Waals surface area contributed by atoms with Crippen molar-refractivity contribution in [3.05, 3.63) is 47.3 Å². The molecule has 1 aliphatic heterocycles. The highest BCUT2D eigenvalue weighted by Gasteiger charge is 2.21. The van der Waals surface area contributed by atoms with Crippen LogP contribution in [0.5, 0.6) is 0 Å². The number of aromatic amines is 1. The van der Waals surface area contributed by atoms with E-state index in [9.17, 15) is 0 Å². The first-order valence-corrected chi connectivity index (χ1v) is 8.95. The van der Waals surface area contributed by atoms with Crippen molar-refractivity contribution in [3.63, 3.8) is 0 Å². The van der Waals surface area contributed by atoms with Crippen LogP contribution in [0.2, 0.25) is 0 Å². The van der Waals surface area contributed by atoms with Crippen LogP contribution in [-0.2, 0) is 13.1 Å². The van der Waals surface area contributed by atoms with Crippen LogP contribution in [0.1, 0.15) is 16.8 Å². The van der Waals surface area contributed by atoms with Gasteiger partial charge in [-0.15, -0.1) is 0 Å². The van der Waals surface area contributed by atoms with Gasteiger partial charge in [0.1, 0.15) is 11.5 Å². The Labute approximate surface area is 156 Å². The Balaban J connectivity index is 1.49. The van der Waals surface area contributed by atoms with Gasteiger partial charge in [-0.25, -0.2) is 9.97 Å². The number of aryl methyl sites for hydroxylation is 2. The van der Waals surface area contributed by atoms with Crippen LogP contribution < -0.4 is 10.6 Å². The number of hydrogen-bond donors (Lipinski definition) is 2. The molecule has 0 radical (unpaired) electrons. The molecule has 0 fully saturated rings. The first kappa shape index (κ1) is 15.8. The van der Waals surface area contributed by atoms with Crippen molar-refractivity contribution in [1.29, 1.82) is 0 Å². The fourth-order valence-electron chi connectivity index (χ4n) is 3.55. The van der Waals surface area contributed by atoms with Gasteiger partial charge in [-0.05, 0) is 43.2 Å². The molecule has 0 aliphatic carbocycles. The van der Waals surface area contributed by atoms with Crippen molar-refractivity contribution in [1.82, 2.24) is 29.7 Å². The summed E-state index contributed by atoms with van der Waals surface area (Å²) in [4.78, 5) is 18.7. The lowest BCUT2D eigenvalue weighted by Gasteiger charge is -2.28. The Morgan fingerprint density at radius 3 is 2.85 bits per heavy atom. The molecule has 1 aromatic carbocycles. The van der Waals surface area contributed by atoms with Gasteiger partial charge in [-0.1, -0.05) is 6.07 Å². The zero-order valence-electron chi connectivity index (χ0n) is 15.3. The summed E-state index contributed by atoms with van der Waals surface area (Å²) in [5.41, 5.74) is 12.2. The maximum atomic E-state index is 5.72. The molecule has 3 aromatic heterocycles. The fourth-order valence-corrected chi connectivity index (χ4v) is 3.55. The van der Waals surface area contributed by atoms with Crippen LogP contribution in [0, 0.1) is 13.8 Å². The molecule has 4 aromatic rings. The summed E-state index contributed by atoms with van der Waals surface area (Å²) < 4.78 is 2.04. The number of benzene rings is 1. The molecule has 0 unspecified atom stereocenters. The van der Waals surface area contributed by atoms with E-state index >= 15 is 0 Å². The van der Waals surface area contributed by atoms with Gasteiger partial charge in [0.25, 0.3) is 0 Å². The van der Waals surface area contributed by atoms with Crippen molar-refractivity contribution in [2.75, 3.05) is 17.2 Å². The standard InChI is InChI=1S/C19H20N8/c1-11-3-4-14-17(12(11)2)24-18(22-14)15-9-13-10-26(7-8-27(13)25-15)16-5-6-21-19(20)23-16/h3-6,9H,7-8,10H2,1-2H3,(H,22,24)(H2,20,21,23). The quantitative estimate of drug-likeness (QED) is 0.569. The number of nitrogens with one attached hydrogen (secondary N) is 1. The Morgan fingerprint density at radius 1 is 1.11 bits per heavy atom. The van der Waals surface area contributed by atoms with Gasteiger partial charge in [0.2, 0.25) is 5.95 Å². The van der Waals surface area contributed by atoms with Crippen LogP contribution in [0.25, 0.3) is 22.6 Å². The molecule has 3 N–H and O–H groups in total. The smallest absolute Gasteiger partial charge is 0.221 e. The normalized spacial score (nSPS) is 13.9. The second-order valence-electron chi connectivity index (χ2n) is 6.93. The molecule has 0 atom stereocenters. The van der Waals surface area contributed by atoms with Gasteiger partial charge < -0.3 is 15.6 Å². The maximum absolute atomic E-state index is 5.72. The summed E-state index contributed by atoms with van der Waals surface area (Å²) in [6.45, 7) is 6.54. The molecule has 8 nitrogen and oxygen atoms in total. The minimum atomic E-state index is 0.292. The van der Waals surface area contributed by atoms with Crippen LogP contribution in [0.3, 0.4) is 0 Å². The van der Waals surface area contributed by atoms with E-state index in [1.807, 2.05) is 10.7 Å². The third-order valence-electron chi connectivity index (χ3n) is 5.20. The molecular formula is C19H20N8. The monoisotopic (exact) mass is 360 g/mol. The number of H-pyrrole nitrogens is 1. The van der Waals surface area contributed by atoms with E-state index in [2.05, 4.69) is 51.9 Å². The molecule has 136 valence electrons. The number of aromatic nitrogens is 6. The fraction of sp³-hybridized carbons (Fsp3) is 0.263. The molecule has 0 saturated carbocycles. The van der Waals surface area contributed by atoms with E-state index in [1.54, 1.807) is 6.20 Å². The Bertz CT molecular complexity index is 1160. The highest BCUT2D eigenvalue weighted by atomic mass is 15.4. The van der Waals surface area contributed by atoms with Gasteiger partial charge >= 0.3 is 0 Å². The maximum Gasteiger partial charge on any atom is 0.221 e. The Hall–Kier alpha value is -3.42. The van der Waals surface area contributed by atoms with E-state index in [0.29, 0.717) is 5.95 Å². The zero-order valence-corrected chi connectivity index (χ0v) is 15.3. The lowest BCUT2D eigenvalue weighted by atomic mass is 10.1. The molecule has 0 bridgehead atoms. The topological polar surface area (TPSA) is 102 Å². The minimum absolute atomic E-state index is 0.292. The molecule has 0 saturated heterocycles. The highest BCUT2D eigenvalue weighted by molar-refractivity contribution is 5.82. The third kappa shape index (κ3) is 2.61. The molecular weight excluding hydrogens is 340 g/mol. The van der Waals surface area contributed by atoms with Crippen molar-refractivity contribution >= 4 is 22.8 Å². The first-order chi connectivity index (χ1) is 13.1. The summed E-state index contributed by atoms with van der Waals surface area (Å²) in [6, 6.07) is 8.17. The molecule has 8 heteroatoms. The summed E-state index contributed by atoms with van der Waals surface area (Å²) >= 11 is 0. The number of rotatable bonds is 2.